The van der Waals surface area contributed by atoms with Gasteiger partial charge in [0.25, 0.3) is 0 Å². The van der Waals surface area contributed by atoms with Crippen molar-refractivity contribution >= 4 is 16.9 Å². The van der Waals surface area contributed by atoms with Crippen molar-refractivity contribution in [3.8, 4) is 0 Å². The van der Waals surface area contributed by atoms with E-state index >= 15 is 0 Å². The number of ether oxygens (including phenoxy) is 1. The Labute approximate surface area is 110 Å². The fraction of sp³-hybridized carbons (Fsp3) is 0.923. The first-order valence-corrected chi connectivity index (χ1v) is 7.42. The van der Waals surface area contributed by atoms with Gasteiger partial charge in [0.15, 0.2) is 5.17 Å². The van der Waals surface area contributed by atoms with Crippen LogP contribution in [-0.2, 0) is 4.74 Å². The van der Waals surface area contributed by atoms with E-state index in [0.717, 1.165) is 18.3 Å². The zero-order valence-electron chi connectivity index (χ0n) is 11.8. The van der Waals surface area contributed by atoms with Crippen LogP contribution >= 0.6 is 11.8 Å². The smallest absolute Gasteiger partial charge is 0.156 e. The molecule has 0 amide bonds. The van der Waals surface area contributed by atoms with Gasteiger partial charge in [-0.15, -0.1) is 0 Å². The van der Waals surface area contributed by atoms with Crippen molar-refractivity contribution in [2.24, 2.45) is 10.4 Å². The largest absolute Gasteiger partial charge is 0.377 e. The molecule has 0 atom stereocenters. The summed E-state index contributed by atoms with van der Waals surface area (Å²) in [6.07, 6.45) is 2.44. The van der Waals surface area contributed by atoms with Gasteiger partial charge < -0.3 is 10.1 Å². The average Bonchev–Trinajstić information content (AvgIpc) is 2.37. The lowest BCUT2D eigenvalue weighted by molar-refractivity contribution is 0.0271. The first-order valence-electron chi connectivity index (χ1n) is 6.43. The van der Waals surface area contributed by atoms with Crippen LogP contribution in [0.15, 0.2) is 4.99 Å². The monoisotopic (exact) mass is 258 g/mol. The summed E-state index contributed by atoms with van der Waals surface area (Å²) < 4.78 is 5.39. The second-order valence-corrected chi connectivity index (χ2v) is 6.40. The summed E-state index contributed by atoms with van der Waals surface area (Å²) in [5.74, 6) is 1.18. The Morgan fingerprint density at radius 2 is 2.06 bits per heavy atom. The number of nitrogens with zero attached hydrogens (tertiary/aromatic N) is 1. The van der Waals surface area contributed by atoms with Crippen LogP contribution in [0, 0.1) is 5.41 Å². The summed E-state index contributed by atoms with van der Waals surface area (Å²) in [7, 11) is 1.75. The Hall–Kier alpha value is -0.220. The molecule has 0 spiro atoms. The number of methoxy groups -OCH3 is 1. The molecule has 0 aromatic carbocycles. The highest BCUT2D eigenvalue weighted by molar-refractivity contribution is 8.13. The molecule has 4 heteroatoms. The lowest BCUT2D eigenvalue weighted by Gasteiger charge is -2.34. The van der Waals surface area contributed by atoms with Gasteiger partial charge in [-0.05, 0) is 32.1 Å². The molecule has 1 heterocycles. The Bertz CT molecular complexity index is 273. The molecule has 0 aromatic heterocycles. The second-order valence-electron chi connectivity index (χ2n) is 5.43. The highest BCUT2D eigenvalue weighted by Crippen LogP contribution is 2.34. The summed E-state index contributed by atoms with van der Waals surface area (Å²) in [6, 6.07) is 0. The van der Waals surface area contributed by atoms with Crippen LogP contribution in [0.3, 0.4) is 0 Å². The topological polar surface area (TPSA) is 33.6 Å². The maximum Gasteiger partial charge on any atom is 0.156 e. The third kappa shape index (κ3) is 4.18. The van der Waals surface area contributed by atoms with Crippen LogP contribution < -0.4 is 5.32 Å². The van der Waals surface area contributed by atoms with Gasteiger partial charge in [-0.25, -0.2) is 0 Å². The number of thioether (sulfide) groups is 1. The fourth-order valence-corrected chi connectivity index (χ4v) is 2.97. The molecule has 0 bridgehead atoms. The molecule has 3 nitrogen and oxygen atoms in total. The molecule has 0 unspecified atom stereocenters. The van der Waals surface area contributed by atoms with E-state index in [1.165, 1.54) is 18.6 Å². The number of rotatable bonds is 5. The number of hydrogen-bond donors (Lipinski definition) is 1. The van der Waals surface area contributed by atoms with Crippen LogP contribution in [0.2, 0.25) is 0 Å². The summed E-state index contributed by atoms with van der Waals surface area (Å²) >= 11 is 1.85. The standard InChI is InChI=1S/C13H26N2OS/c1-6-13(7-2)9-15-11(17-10-13)14-8-12(3,4)16-5/h6-10H2,1-5H3,(H,14,15). The fourth-order valence-electron chi connectivity index (χ4n) is 1.70. The van der Waals surface area contributed by atoms with Gasteiger partial charge >= 0.3 is 0 Å². The molecule has 0 radical (unpaired) electrons. The molecule has 0 fully saturated rings. The van der Waals surface area contributed by atoms with Crippen molar-refractivity contribution in [3.63, 3.8) is 0 Å². The van der Waals surface area contributed by atoms with Crippen molar-refractivity contribution in [2.45, 2.75) is 46.1 Å². The zero-order chi connectivity index (χ0) is 12.9. The average molecular weight is 258 g/mol. The summed E-state index contributed by atoms with van der Waals surface area (Å²) in [6.45, 7) is 10.5. The van der Waals surface area contributed by atoms with Gasteiger partial charge in [-0.3, -0.25) is 4.99 Å². The summed E-state index contributed by atoms with van der Waals surface area (Å²) in [5.41, 5.74) is 0.291. The van der Waals surface area contributed by atoms with E-state index in [1.54, 1.807) is 7.11 Å². The normalized spacial score (nSPS) is 19.9. The van der Waals surface area contributed by atoms with Gasteiger partial charge in [0, 0.05) is 26.0 Å². The van der Waals surface area contributed by atoms with Crippen molar-refractivity contribution in [2.75, 3.05) is 26.0 Å². The minimum atomic E-state index is -0.132. The lowest BCUT2D eigenvalue weighted by Crippen LogP contribution is -2.41. The van der Waals surface area contributed by atoms with Crippen LogP contribution in [0.4, 0.5) is 0 Å². The van der Waals surface area contributed by atoms with Crippen molar-refractivity contribution in [1.82, 2.24) is 5.32 Å². The number of amidine groups is 1. The molecule has 100 valence electrons. The van der Waals surface area contributed by atoms with E-state index in [0.29, 0.717) is 5.41 Å². The minimum Gasteiger partial charge on any atom is -0.377 e. The summed E-state index contributed by atoms with van der Waals surface area (Å²) in [5, 5.41) is 4.46. The molecule has 17 heavy (non-hydrogen) atoms. The predicted octanol–water partition coefficient (Wildman–Crippen LogP) is 2.91. The van der Waals surface area contributed by atoms with E-state index < -0.39 is 0 Å². The maximum absolute atomic E-state index is 5.39. The van der Waals surface area contributed by atoms with Crippen LogP contribution in [-0.4, -0.2) is 36.7 Å². The molecule has 1 aliphatic rings. The van der Waals surface area contributed by atoms with E-state index in [4.69, 9.17) is 4.74 Å². The summed E-state index contributed by atoms with van der Waals surface area (Å²) in [4.78, 5) is 4.68. The Morgan fingerprint density at radius 1 is 1.41 bits per heavy atom. The van der Waals surface area contributed by atoms with Crippen molar-refractivity contribution in [3.05, 3.63) is 0 Å². The molecule has 1 aliphatic heterocycles. The molecule has 0 aliphatic carbocycles. The number of hydrogen-bond acceptors (Lipinski definition) is 4. The van der Waals surface area contributed by atoms with Gasteiger partial charge in [0.05, 0.1) is 5.60 Å². The Kier molecular flexibility index (Phi) is 5.32. The molecule has 0 saturated carbocycles. The quantitative estimate of drug-likeness (QED) is 0.823. The second kappa shape index (κ2) is 6.10. The zero-order valence-corrected chi connectivity index (χ0v) is 12.6. The van der Waals surface area contributed by atoms with E-state index in [1.807, 2.05) is 11.8 Å². The van der Waals surface area contributed by atoms with Gasteiger partial charge in [-0.1, -0.05) is 25.6 Å². The van der Waals surface area contributed by atoms with Crippen molar-refractivity contribution in [1.29, 1.82) is 0 Å². The molecule has 1 rings (SSSR count). The molecule has 0 saturated heterocycles. The van der Waals surface area contributed by atoms with Crippen LogP contribution in [0.1, 0.15) is 40.5 Å². The minimum absolute atomic E-state index is 0.132. The molecular formula is C13H26N2OS. The number of aliphatic imine (C=N–C) groups is 1. The van der Waals surface area contributed by atoms with Crippen LogP contribution in [0.5, 0.6) is 0 Å². The van der Waals surface area contributed by atoms with E-state index in [9.17, 15) is 0 Å². The maximum atomic E-state index is 5.39. The Morgan fingerprint density at radius 3 is 2.47 bits per heavy atom. The Balaban J connectivity index is 2.46. The van der Waals surface area contributed by atoms with Crippen molar-refractivity contribution < 1.29 is 4.74 Å². The lowest BCUT2D eigenvalue weighted by atomic mass is 9.84. The number of nitrogens with one attached hydrogen (secondary N) is 1. The third-order valence-corrected chi connectivity index (χ3v) is 5.09. The molecular weight excluding hydrogens is 232 g/mol. The van der Waals surface area contributed by atoms with Crippen LogP contribution in [0.25, 0.3) is 0 Å². The SMILES string of the molecule is CCC1(CC)CN=C(NCC(C)(C)OC)SC1. The van der Waals surface area contributed by atoms with E-state index in [-0.39, 0.29) is 5.60 Å². The third-order valence-electron chi connectivity index (χ3n) is 3.79. The van der Waals surface area contributed by atoms with Gasteiger partial charge in [0.1, 0.15) is 0 Å². The van der Waals surface area contributed by atoms with Gasteiger partial charge in [0.2, 0.25) is 0 Å². The highest BCUT2D eigenvalue weighted by atomic mass is 32.2. The van der Waals surface area contributed by atoms with E-state index in [2.05, 4.69) is 38.0 Å². The molecule has 1 N–H and O–H groups in total. The predicted molar refractivity (Wildman–Crippen MR) is 76.9 cm³/mol. The molecule has 0 aromatic rings. The highest BCUT2D eigenvalue weighted by Gasteiger charge is 2.30. The van der Waals surface area contributed by atoms with Gasteiger partial charge in [-0.2, -0.15) is 0 Å². The first kappa shape index (κ1) is 14.8. The first-order chi connectivity index (χ1) is 7.97.